The Hall–Kier alpha value is -8.06. The minimum atomic E-state index is 0.615. The van der Waals surface area contributed by atoms with Crippen molar-refractivity contribution < 1.29 is 0 Å². The SMILES string of the molecule is c1ccc(-c2cc(-c3ccccc3)cc(-c3nc(-c4ccc5c(c4)-n4c6c(cccc6c6c7ccccc7n(-c7ccccc7)c64)S5)nc(-c4cccc5ccccc45)n3)c2)cc1. The first-order chi connectivity index (χ1) is 31.2. The molecule has 1 aliphatic heterocycles. The van der Waals surface area contributed by atoms with Crippen molar-refractivity contribution in [3.8, 4) is 67.8 Å². The molecule has 0 fully saturated rings. The molecule has 0 radical (unpaired) electrons. The first kappa shape index (κ1) is 35.7. The molecule has 3 aromatic heterocycles. The van der Waals surface area contributed by atoms with Gasteiger partial charge in [0.2, 0.25) is 0 Å². The maximum Gasteiger partial charge on any atom is 0.164 e. The summed E-state index contributed by atoms with van der Waals surface area (Å²) in [4.78, 5) is 18.5. The topological polar surface area (TPSA) is 48.5 Å². The quantitative estimate of drug-likeness (QED) is 0.168. The molecule has 0 N–H and O–H groups in total. The maximum absolute atomic E-state index is 5.40. The van der Waals surface area contributed by atoms with Gasteiger partial charge in [0.1, 0.15) is 5.65 Å². The number of nitrogens with zero attached hydrogens (tertiary/aromatic N) is 5. The zero-order chi connectivity index (χ0) is 41.4. The highest BCUT2D eigenvalue weighted by atomic mass is 32.2. The molecule has 1 aliphatic rings. The lowest BCUT2D eigenvalue weighted by molar-refractivity contribution is 1.02. The largest absolute Gasteiger partial charge is 0.295 e. The fourth-order valence-corrected chi connectivity index (χ4v) is 10.6. The fourth-order valence-electron chi connectivity index (χ4n) is 9.48. The third-order valence-electron chi connectivity index (χ3n) is 12.3. The van der Waals surface area contributed by atoms with E-state index < -0.39 is 0 Å². The van der Waals surface area contributed by atoms with Crippen LogP contribution in [0.5, 0.6) is 0 Å². The van der Waals surface area contributed by atoms with Gasteiger partial charge in [-0.05, 0) is 93.7 Å². The minimum Gasteiger partial charge on any atom is -0.295 e. The van der Waals surface area contributed by atoms with E-state index in [4.69, 9.17) is 15.0 Å². The second kappa shape index (κ2) is 14.3. The van der Waals surface area contributed by atoms with E-state index in [0.717, 1.165) is 66.7 Å². The van der Waals surface area contributed by atoms with Crippen molar-refractivity contribution in [2.24, 2.45) is 0 Å². The predicted molar refractivity (Wildman–Crippen MR) is 260 cm³/mol. The second-order valence-corrected chi connectivity index (χ2v) is 17.1. The van der Waals surface area contributed by atoms with Crippen LogP contribution in [0.2, 0.25) is 0 Å². The van der Waals surface area contributed by atoms with Gasteiger partial charge < -0.3 is 0 Å². The monoisotopic (exact) mass is 821 g/mol. The zero-order valence-corrected chi connectivity index (χ0v) is 34.7. The highest BCUT2D eigenvalue weighted by molar-refractivity contribution is 7.99. The van der Waals surface area contributed by atoms with E-state index >= 15 is 0 Å². The van der Waals surface area contributed by atoms with Crippen molar-refractivity contribution >= 4 is 55.4 Å². The Morgan fingerprint density at radius 1 is 0.365 bits per heavy atom. The Morgan fingerprint density at radius 3 is 1.71 bits per heavy atom. The molecule has 0 bridgehead atoms. The molecule has 0 unspecified atom stereocenters. The molecular weight excluding hydrogens is 787 g/mol. The highest BCUT2D eigenvalue weighted by Gasteiger charge is 2.28. The van der Waals surface area contributed by atoms with Gasteiger partial charge in [-0.3, -0.25) is 9.13 Å². The van der Waals surface area contributed by atoms with E-state index in [-0.39, 0.29) is 0 Å². The maximum atomic E-state index is 5.40. The van der Waals surface area contributed by atoms with Gasteiger partial charge >= 0.3 is 0 Å². The van der Waals surface area contributed by atoms with E-state index in [1.54, 1.807) is 0 Å². The van der Waals surface area contributed by atoms with Crippen LogP contribution in [-0.4, -0.2) is 24.1 Å². The summed E-state index contributed by atoms with van der Waals surface area (Å²) in [5.41, 5.74) is 13.0. The van der Waals surface area contributed by atoms with Crippen LogP contribution in [-0.2, 0) is 0 Å². The Balaban J connectivity index is 1.07. The van der Waals surface area contributed by atoms with Gasteiger partial charge in [0.25, 0.3) is 0 Å². The van der Waals surface area contributed by atoms with Gasteiger partial charge in [0.15, 0.2) is 17.5 Å². The second-order valence-electron chi connectivity index (χ2n) is 16.0. The summed E-state index contributed by atoms with van der Waals surface area (Å²) in [6, 6.07) is 75.5. The standard InChI is InChI=1S/C57H35N5S/c1-4-16-36(17-5-1)40-32-41(37-18-6-2-7-19-37)34-42(33-40)55-58-54(59-56(60-55)45-26-14-21-38-20-10-11-24-44(38)45)39-30-31-50-49(35-39)62-53-47(27-15-29-51(53)63-50)52-46-25-12-13-28-48(46)61(57(52)62)43-22-8-3-9-23-43/h1-35H. The van der Waals surface area contributed by atoms with Crippen molar-refractivity contribution in [1.82, 2.24) is 24.1 Å². The Bertz CT molecular complexity index is 3700. The molecule has 4 heterocycles. The molecule has 0 saturated carbocycles. The van der Waals surface area contributed by atoms with Gasteiger partial charge in [-0.15, -0.1) is 0 Å². The number of rotatable bonds is 6. The van der Waals surface area contributed by atoms with Gasteiger partial charge in [0.05, 0.1) is 16.7 Å². The Morgan fingerprint density at radius 2 is 0.952 bits per heavy atom. The van der Waals surface area contributed by atoms with Crippen LogP contribution in [0.3, 0.4) is 0 Å². The van der Waals surface area contributed by atoms with Crippen molar-refractivity contribution in [1.29, 1.82) is 0 Å². The molecule has 13 rings (SSSR count). The van der Waals surface area contributed by atoms with Gasteiger partial charge in [0, 0.05) is 48.3 Å². The molecule has 0 amide bonds. The van der Waals surface area contributed by atoms with Crippen LogP contribution < -0.4 is 0 Å². The number of hydrogen-bond acceptors (Lipinski definition) is 4. The van der Waals surface area contributed by atoms with E-state index in [0.29, 0.717) is 17.5 Å². The van der Waals surface area contributed by atoms with Gasteiger partial charge in [-0.1, -0.05) is 163 Å². The number of hydrogen-bond donors (Lipinski definition) is 0. The summed E-state index contributed by atoms with van der Waals surface area (Å²) >= 11 is 1.82. The van der Waals surface area contributed by atoms with Crippen molar-refractivity contribution in [3.05, 3.63) is 212 Å². The molecule has 0 spiro atoms. The summed E-state index contributed by atoms with van der Waals surface area (Å²) in [7, 11) is 0. The molecule has 5 nitrogen and oxygen atoms in total. The zero-order valence-electron chi connectivity index (χ0n) is 33.9. The first-order valence-electron chi connectivity index (χ1n) is 21.2. The normalized spacial score (nSPS) is 12.1. The van der Waals surface area contributed by atoms with Crippen molar-refractivity contribution in [2.75, 3.05) is 0 Å². The van der Waals surface area contributed by atoms with Crippen LogP contribution in [0.15, 0.2) is 222 Å². The van der Waals surface area contributed by atoms with E-state index in [1.165, 1.54) is 37.0 Å². The lowest BCUT2D eigenvalue weighted by atomic mass is 9.96. The smallest absolute Gasteiger partial charge is 0.164 e. The van der Waals surface area contributed by atoms with Crippen molar-refractivity contribution in [3.63, 3.8) is 0 Å². The third-order valence-corrected chi connectivity index (χ3v) is 13.4. The molecule has 0 saturated heterocycles. The summed E-state index contributed by atoms with van der Waals surface area (Å²) < 4.78 is 4.90. The lowest BCUT2D eigenvalue weighted by Crippen LogP contribution is -2.06. The average Bonchev–Trinajstić information content (AvgIpc) is 3.88. The lowest BCUT2D eigenvalue weighted by Gasteiger charge is -2.22. The molecule has 9 aromatic carbocycles. The molecule has 0 atom stereocenters. The van der Waals surface area contributed by atoms with Gasteiger partial charge in [-0.2, -0.15) is 0 Å². The average molecular weight is 822 g/mol. The van der Waals surface area contributed by atoms with Crippen LogP contribution in [0.1, 0.15) is 0 Å². The Labute approximate surface area is 367 Å². The Kier molecular flexibility index (Phi) is 8.08. The highest BCUT2D eigenvalue weighted by Crippen LogP contribution is 2.50. The number of para-hydroxylation sites is 3. The summed E-state index contributed by atoms with van der Waals surface area (Å²) in [5.74, 6) is 1.86. The molecule has 12 aromatic rings. The fraction of sp³-hybridized carbons (Fsp3) is 0. The van der Waals surface area contributed by atoms with E-state index in [9.17, 15) is 0 Å². The summed E-state index contributed by atoms with van der Waals surface area (Å²) in [6.07, 6.45) is 0. The van der Waals surface area contributed by atoms with Crippen LogP contribution in [0, 0.1) is 0 Å². The summed E-state index contributed by atoms with van der Waals surface area (Å²) in [6.45, 7) is 0. The van der Waals surface area contributed by atoms with Crippen LogP contribution in [0.4, 0.5) is 0 Å². The van der Waals surface area contributed by atoms with E-state index in [1.807, 2.05) is 11.8 Å². The molecule has 63 heavy (non-hydrogen) atoms. The predicted octanol–water partition coefficient (Wildman–Crippen LogP) is 14.9. The number of fused-ring (bicyclic) bond motifs is 8. The first-order valence-corrected chi connectivity index (χ1v) is 22.0. The van der Waals surface area contributed by atoms with E-state index in [2.05, 4.69) is 221 Å². The molecular formula is C57H35N5S. The minimum absolute atomic E-state index is 0.615. The molecule has 6 heteroatoms. The molecule has 294 valence electrons. The third kappa shape index (κ3) is 5.76. The summed E-state index contributed by atoms with van der Waals surface area (Å²) in [5, 5.41) is 5.95. The number of aromatic nitrogens is 5. The van der Waals surface area contributed by atoms with Gasteiger partial charge in [-0.25, -0.2) is 15.0 Å². The van der Waals surface area contributed by atoms with Crippen LogP contribution >= 0.6 is 11.8 Å². The van der Waals surface area contributed by atoms with Crippen LogP contribution in [0.25, 0.3) is 111 Å². The van der Waals surface area contributed by atoms with Crippen molar-refractivity contribution in [2.45, 2.75) is 9.79 Å². The molecule has 0 aliphatic carbocycles. The number of benzene rings is 9.